The van der Waals surface area contributed by atoms with Crippen molar-refractivity contribution in [1.29, 1.82) is 0 Å². The van der Waals surface area contributed by atoms with Crippen molar-refractivity contribution in [2.24, 2.45) is 0 Å². The third kappa shape index (κ3) is 2.95. The second-order valence-corrected chi connectivity index (χ2v) is 6.25. The average molecular weight is 242 g/mol. The van der Waals surface area contributed by atoms with Gasteiger partial charge in [-0.1, -0.05) is 58.4 Å². The highest BCUT2D eigenvalue weighted by Crippen LogP contribution is 2.26. The molecular weight excluding hydrogens is 221 g/mol. The second-order valence-electron chi connectivity index (χ2n) is 6.25. The Morgan fingerprint density at radius 1 is 1.28 bits per heavy atom. The zero-order chi connectivity index (χ0) is 13.3. The average Bonchev–Trinajstić information content (AvgIpc) is 2.68. The molecule has 0 amide bonds. The van der Waals surface area contributed by atoms with Crippen molar-refractivity contribution < 1.29 is 4.42 Å². The fraction of sp³-hybridized carbons (Fsp3) is 0.533. The molecule has 0 saturated heterocycles. The molecule has 0 atom stereocenters. The molecule has 1 heterocycles. The standard InChI is InChI=1S/C15H21BNO/c1-10(2)16-9-11-6-7-13-12(8-11)17-14(18-13)15(3,4)5/h6-8,10H,9H2,1-5H3. The van der Waals surface area contributed by atoms with E-state index in [1.807, 2.05) is 6.07 Å². The van der Waals surface area contributed by atoms with Crippen LogP contribution in [0.2, 0.25) is 5.82 Å². The van der Waals surface area contributed by atoms with Crippen molar-refractivity contribution in [3.05, 3.63) is 29.7 Å². The first-order chi connectivity index (χ1) is 8.36. The SMILES string of the molecule is CC(C)[B]Cc1ccc2oc(C(C)(C)C)nc2c1. The summed E-state index contributed by atoms with van der Waals surface area (Å²) in [6, 6.07) is 6.28. The first-order valence-electron chi connectivity index (χ1n) is 6.59. The smallest absolute Gasteiger partial charge is 0.200 e. The fourth-order valence-electron chi connectivity index (χ4n) is 1.79. The zero-order valence-electron chi connectivity index (χ0n) is 11.9. The summed E-state index contributed by atoms with van der Waals surface area (Å²) in [5.41, 5.74) is 3.11. The molecule has 18 heavy (non-hydrogen) atoms. The van der Waals surface area contributed by atoms with Crippen LogP contribution in [0.15, 0.2) is 22.6 Å². The van der Waals surface area contributed by atoms with E-state index in [0.717, 1.165) is 23.3 Å². The number of benzene rings is 1. The minimum atomic E-state index is -0.0385. The largest absolute Gasteiger partial charge is 0.440 e. The van der Waals surface area contributed by atoms with Crippen LogP contribution in [0.3, 0.4) is 0 Å². The number of oxazole rings is 1. The van der Waals surface area contributed by atoms with Gasteiger partial charge in [-0.3, -0.25) is 0 Å². The monoisotopic (exact) mass is 242 g/mol. The summed E-state index contributed by atoms with van der Waals surface area (Å²) in [7, 11) is 2.31. The summed E-state index contributed by atoms with van der Waals surface area (Å²) < 4.78 is 5.79. The normalized spacial score (nSPS) is 12.3. The summed E-state index contributed by atoms with van der Waals surface area (Å²) >= 11 is 0. The molecule has 2 rings (SSSR count). The molecule has 0 saturated carbocycles. The van der Waals surface area contributed by atoms with E-state index in [9.17, 15) is 0 Å². The summed E-state index contributed by atoms with van der Waals surface area (Å²) in [5, 5.41) is 0. The molecule has 0 N–H and O–H groups in total. The van der Waals surface area contributed by atoms with Gasteiger partial charge in [0.15, 0.2) is 5.58 Å². The Morgan fingerprint density at radius 3 is 2.61 bits per heavy atom. The van der Waals surface area contributed by atoms with Gasteiger partial charge in [0.05, 0.1) is 0 Å². The lowest BCUT2D eigenvalue weighted by atomic mass is 9.62. The van der Waals surface area contributed by atoms with E-state index in [1.54, 1.807) is 0 Å². The fourth-order valence-corrected chi connectivity index (χ4v) is 1.79. The molecule has 3 heteroatoms. The molecule has 0 fully saturated rings. The maximum Gasteiger partial charge on any atom is 0.200 e. The van der Waals surface area contributed by atoms with Gasteiger partial charge in [-0.15, -0.1) is 0 Å². The quantitative estimate of drug-likeness (QED) is 0.755. The Bertz CT molecular complexity index is 537. The third-order valence-corrected chi connectivity index (χ3v) is 2.92. The van der Waals surface area contributed by atoms with Crippen molar-refractivity contribution >= 4 is 18.4 Å². The van der Waals surface area contributed by atoms with Gasteiger partial charge in [0, 0.05) is 5.41 Å². The summed E-state index contributed by atoms with van der Waals surface area (Å²) in [4.78, 5) is 4.59. The van der Waals surface area contributed by atoms with Gasteiger partial charge in [-0.05, 0) is 12.1 Å². The van der Waals surface area contributed by atoms with Crippen molar-refractivity contribution in [2.75, 3.05) is 0 Å². The molecule has 0 unspecified atom stereocenters. The van der Waals surface area contributed by atoms with Gasteiger partial charge in [0.25, 0.3) is 0 Å². The topological polar surface area (TPSA) is 26.0 Å². The molecule has 95 valence electrons. The van der Waals surface area contributed by atoms with Gasteiger partial charge < -0.3 is 4.42 Å². The summed E-state index contributed by atoms with van der Waals surface area (Å²) in [5.74, 6) is 1.42. The van der Waals surface area contributed by atoms with Crippen molar-refractivity contribution in [3.8, 4) is 0 Å². The van der Waals surface area contributed by atoms with Crippen LogP contribution in [0.4, 0.5) is 0 Å². The number of rotatable bonds is 3. The van der Waals surface area contributed by atoms with Crippen LogP contribution >= 0.6 is 0 Å². The van der Waals surface area contributed by atoms with E-state index in [-0.39, 0.29) is 5.41 Å². The molecule has 1 aromatic heterocycles. The summed E-state index contributed by atoms with van der Waals surface area (Å²) in [6.07, 6.45) is 0.991. The molecule has 0 spiro atoms. The molecule has 0 aliphatic rings. The lowest BCUT2D eigenvalue weighted by Crippen LogP contribution is -2.10. The van der Waals surface area contributed by atoms with Crippen LogP contribution in [0.5, 0.6) is 0 Å². The number of fused-ring (bicyclic) bond motifs is 1. The van der Waals surface area contributed by atoms with E-state index in [2.05, 4.69) is 59.0 Å². The number of hydrogen-bond acceptors (Lipinski definition) is 2. The highest BCUT2D eigenvalue weighted by molar-refractivity contribution is 6.36. The van der Waals surface area contributed by atoms with E-state index in [1.165, 1.54) is 5.56 Å². The Kier molecular flexibility index (Phi) is 3.51. The van der Waals surface area contributed by atoms with Crippen LogP contribution < -0.4 is 0 Å². The zero-order valence-corrected chi connectivity index (χ0v) is 11.9. The molecule has 2 nitrogen and oxygen atoms in total. The highest BCUT2D eigenvalue weighted by Gasteiger charge is 2.20. The first-order valence-corrected chi connectivity index (χ1v) is 6.59. The van der Waals surface area contributed by atoms with Gasteiger partial charge in [-0.25, -0.2) is 4.98 Å². The Hall–Kier alpha value is -1.25. The maximum atomic E-state index is 5.79. The highest BCUT2D eigenvalue weighted by atomic mass is 16.3. The third-order valence-electron chi connectivity index (χ3n) is 2.92. The lowest BCUT2D eigenvalue weighted by molar-refractivity contribution is 0.411. The molecule has 1 aromatic carbocycles. The first kappa shape index (κ1) is 13.2. The van der Waals surface area contributed by atoms with Gasteiger partial charge >= 0.3 is 0 Å². The molecule has 0 bridgehead atoms. The predicted molar refractivity (Wildman–Crippen MR) is 77.3 cm³/mol. The van der Waals surface area contributed by atoms with Crippen molar-refractivity contribution in [3.63, 3.8) is 0 Å². The van der Waals surface area contributed by atoms with E-state index >= 15 is 0 Å². The predicted octanol–water partition coefficient (Wildman–Crippen LogP) is 4.16. The van der Waals surface area contributed by atoms with Crippen LogP contribution in [0.25, 0.3) is 11.1 Å². The van der Waals surface area contributed by atoms with Crippen LogP contribution in [0.1, 0.15) is 46.1 Å². The van der Waals surface area contributed by atoms with Crippen LogP contribution in [0, 0.1) is 0 Å². The van der Waals surface area contributed by atoms with Crippen molar-refractivity contribution in [1.82, 2.24) is 4.98 Å². The lowest BCUT2D eigenvalue weighted by Gasteiger charge is -2.11. The van der Waals surface area contributed by atoms with E-state index < -0.39 is 0 Å². The van der Waals surface area contributed by atoms with Gasteiger partial charge in [0.1, 0.15) is 12.8 Å². The molecule has 0 aliphatic heterocycles. The van der Waals surface area contributed by atoms with Gasteiger partial charge in [0.2, 0.25) is 5.89 Å². The molecule has 2 aromatic rings. The van der Waals surface area contributed by atoms with Crippen LogP contribution in [-0.2, 0) is 11.7 Å². The Morgan fingerprint density at radius 2 is 2.00 bits per heavy atom. The van der Waals surface area contributed by atoms with E-state index in [0.29, 0.717) is 5.82 Å². The minimum Gasteiger partial charge on any atom is -0.440 e. The maximum absolute atomic E-state index is 5.79. The van der Waals surface area contributed by atoms with E-state index in [4.69, 9.17) is 4.42 Å². The Balaban J connectivity index is 2.28. The number of hydrogen-bond donors (Lipinski definition) is 0. The van der Waals surface area contributed by atoms with Crippen LogP contribution in [-0.4, -0.2) is 12.3 Å². The minimum absolute atomic E-state index is 0.0385. The van der Waals surface area contributed by atoms with Crippen molar-refractivity contribution in [2.45, 2.75) is 52.2 Å². The number of nitrogens with zero attached hydrogens (tertiary/aromatic N) is 1. The Labute approximate surface area is 110 Å². The number of aromatic nitrogens is 1. The second kappa shape index (κ2) is 4.79. The molecule has 0 aliphatic carbocycles. The summed E-state index contributed by atoms with van der Waals surface area (Å²) in [6.45, 7) is 10.8. The van der Waals surface area contributed by atoms with Gasteiger partial charge in [-0.2, -0.15) is 0 Å². The molecule has 1 radical (unpaired) electrons. The molecular formula is C15H21BNO.